The molecule has 0 fully saturated rings. The van der Waals surface area contributed by atoms with Crippen molar-refractivity contribution < 1.29 is 14.3 Å². The number of hydrogen-bond acceptors (Lipinski definition) is 4. The summed E-state index contributed by atoms with van der Waals surface area (Å²) in [5.74, 6) is 0.682. The number of fused-ring (bicyclic) bond motifs is 1. The molecule has 1 amide bonds. The van der Waals surface area contributed by atoms with E-state index in [0.29, 0.717) is 28.0 Å². The van der Waals surface area contributed by atoms with Crippen molar-refractivity contribution in [2.75, 3.05) is 19.5 Å². The molecule has 1 aromatic heterocycles. The minimum absolute atomic E-state index is 0.181. The first-order chi connectivity index (χ1) is 11.6. The Bertz CT molecular complexity index is 940. The van der Waals surface area contributed by atoms with E-state index in [4.69, 9.17) is 9.47 Å². The fraction of sp³-hybridized carbons (Fsp3) is 0.111. The van der Waals surface area contributed by atoms with Crippen molar-refractivity contribution in [3.05, 3.63) is 64.6 Å². The van der Waals surface area contributed by atoms with Crippen molar-refractivity contribution in [2.24, 2.45) is 0 Å². The second-order valence-electron chi connectivity index (χ2n) is 5.15. The van der Waals surface area contributed by atoms with Gasteiger partial charge in [-0.15, -0.1) is 0 Å². The predicted octanol–water partition coefficient (Wildman–Crippen LogP) is 2.80. The first kappa shape index (κ1) is 15.6. The number of methoxy groups -OCH3 is 2. The van der Waals surface area contributed by atoms with Crippen LogP contribution in [0.3, 0.4) is 0 Å². The van der Waals surface area contributed by atoms with Crippen LogP contribution in [-0.2, 0) is 0 Å². The number of hydrogen-bond donors (Lipinski definition) is 2. The first-order valence-electron chi connectivity index (χ1n) is 7.27. The highest BCUT2D eigenvalue weighted by Gasteiger charge is 2.11. The highest BCUT2D eigenvalue weighted by molar-refractivity contribution is 6.04. The highest BCUT2D eigenvalue weighted by Crippen LogP contribution is 2.26. The van der Waals surface area contributed by atoms with Crippen LogP contribution in [0, 0.1) is 0 Å². The summed E-state index contributed by atoms with van der Waals surface area (Å²) >= 11 is 0. The lowest BCUT2D eigenvalue weighted by Gasteiger charge is -2.10. The molecule has 6 heteroatoms. The summed E-state index contributed by atoms with van der Waals surface area (Å²) in [6.45, 7) is 0. The third kappa shape index (κ3) is 3.08. The van der Waals surface area contributed by atoms with E-state index < -0.39 is 5.91 Å². The van der Waals surface area contributed by atoms with E-state index in [0.717, 1.165) is 0 Å². The fourth-order valence-corrected chi connectivity index (χ4v) is 2.41. The van der Waals surface area contributed by atoms with Crippen LogP contribution >= 0.6 is 0 Å². The standard InChI is InChI=1S/C18H16N2O4/c1-23-13-8-12(9-14(10-13)24-2)19-18(22)16-7-11-5-3-4-6-15(11)17(21)20-16/h3-10H,1-2H3,(H,19,22)(H,20,21). The molecule has 24 heavy (non-hydrogen) atoms. The smallest absolute Gasteiger partial charge is 0.272 e. The van der Waals surface area contributed by atoms with Gasteiger partial charge in [0.05, 0.1) is 14.2 Å². The average Bonchev–Trinajstić information content (AvgIpc) is 2.61. The highest BCUT2D eigenvalue weighted by atomic mass is 16.5. The van der Waals surface area contributed by atoms with Gasteiger partial charge in [0.2, 0.25) is 0 Å². The summed E-state index contributed by atoms with van der Waals surface area (Å²) in [5, 5.41) is 3.97. The maximum absolute atomic E-state index is 12.4. The van der Waals surface area contributed by atoms with Crippen LogP contribution in [0.15, 0.2) is 53.3 Å². The lowest BCUT2D eigenvalue weighted by molar-refractivity contribution is 0.102. The Morgan fingerprint density at radius 1 is 1.00 bits per heavy atom. The second-order valence-corrected chi connectivity index (χ2v) is 5.15. The van der Waals surface area contributed by atoms with Gasteiger partial charge >= 0.3 is 0 Å². The summed E-state index contributed by atoms with van der Waals surface area (Å²) in [5.41, 5.74) is 0.382. The number of carbonyl (C=O) groups is 1. The number of rotatable bonds is 4. The lowest BCUT2D eigenvalue weighted by Crippen LogP contribution is -2.19. The Hall–Kier alpha value is -3.28. The molecule has 2 aromatic carbocycles. The number of aromatic amines is 1. The molecule has 0 aliphatic carbocycles. The maximum atomic E-state index is 12.4. The van der Waals surface area contributed by atoms with Crippen LogP contribution in [-0.4, -0.2) is 25.1 Å². The number of aromatic nitrogens is 1. The molecule has 0 saturated carbocycles. The molecular formula is C18H16N2O4. The molecule has 2 N–H and O–H groups in total. The van der Waals surface area contributed by atoms with E-state index in [1.54, 1.807) is 42.5 Å². The fourth-order valence-electron chi connectivity index (χ4n) is 2.41. The number of nitrogens with one attached hydrogen (secondary N) is 2. The topological polar surface area (TPSA) is 80.4 Å². The van der Waals surface area contributed by atoms with Gasteiger partial charge < -0.3 is 19.8 Å². The number of carbonyl (C=O) groups excluding carboxylic acids is 1. The molecule has 0 aliphatic rings. The normalized spacial score (nSPS) is 10.4. The van der Waals surface area contributed by atoms with Crippen LogP contribution < -0.4 is 20.3 Å². The molecule has 0 radical (unpaired) electrons. The lowest BCUT2D eigenvalue weighted by atomic mass is 10.1. The predicted molar refractivity (Wildman–Crippen MR) is 92.1 cm³/mol. The van der Waals surface area contributed by atoms with E-state index in [-0.39, 0.29) is 11.3 Å². The van der Waals surface area contributed by atoms with E-state index in [9.17, 15) is 9.59 Å². The quantitative estimate of drug-likeness (QED) is 0.773. The van der Waals surface area contributed by atoms with Crippen molar-refractivity contribution >= 4 is 22.4 Å². The number of H-pyrrole nitrogens is 1. The van der Waals surface area contributed by atoms with Crippen molar-refractivity contribution in [2.45, 2.75) is 0 Å². The van der Waals surface area contributed by atoms with Crippen LogP contribution in [0.4, 0.5) is 5.69 Å². The van der Waals surface area contributed by atoms with Crippen molar-refractivity contribution in [3.63, 3.8) is 0 Å². The largest absolute Gasteiger partial charge is 0.497 e. The van der Waals surface area contributed by atoms with Crippen LogP contribution in [0.25, 0.3) is 10.8 Å². The maximum Gasteiger partial charge on any atom is 0.272 e. The van der Waals surface area contributed by atoms with Crippen LogP contribution in [0.5, 0.6) is 11.5 Å². The van der Waals surface area contributed by atoms with Gasteiger partial charge in [0.15, 0.2) is 0 Å². The molecule has 1 heterocycles. The van der Waals surface area contributed by atoms with Gasteiger partial charge in [-0.25, -0.2) is 0 Å². The first-order valence-corrected chi connectivity index (χ1v) is 7.27. The summed E-state index contributed by atoms with van der Waals surface area (Å²) < 4.78 is 10.3. The van der Waals surface area contributed by atoms with Crippen LogP contribution in [0.2, 0.25) is 0 Å². The van der Waals surface area contributed by atoms with E-state index >= 15 is 0 Å². The monoisotopic (exact) mass is 324 g/mol. The Morgan fingerprint density at radius 3 is 2.33 bits per heavy atom. The molecule has 122 valence electrons. The number of amides is 1. The van der Waals surface area contributed by atoms with E-state index in [1.807, 2.05) is 6.07 Å². The molecule has 0 spiro atoms. The molecule has 0 bridgehead atoms. The summed E-state index contributed by atoms with van der Waals surface area (Å²) in [4.78, 5) is 27.1. The molecular weight excluding hydrogens is 308 g/mol. The summed E-state index contributed by atoms with van der Waals surface area (Å²) in [7, 11) is 3.06. The van der Waals surface area contributed by atoms with Gasteiger partial charge in [0, 0.05) is 29.3 Å². The minimum Gasteiger partial charge on any atom is -0.497 e. The zero-order chi connectivity index (χ0) is 17.1. The number of benzene rings is 2. The molecule has 0 unspecified atom stereocenters. The van der Waals surface area contributed by atoms with Gasteiger partial charge in [-0.3, -0.25) is 9.59 Å². The molecule has 0 aliphatic heterocycles. The second kappa shape index (κ2) is 6.45. The zero-order valence-electron chi connectivity index (χ0n) is 13.3. The van der Waals surface area contributed by atoms with Gasteiger partial charge in [0.25, 0.3) is 11.5 Å². The molecule has 6 nitrogen and oxygen atoms in total. The molecule has 0 saturated heterocycles. The number of anilines is 1. The number of ether oxygens (including phenoxy) is 2. The minimum atomic E-state index is -0.423. The zero-order valence-corrected chi connectivity index (χ0v) is 13.3. The molecule has 3 aromatic rings. The van der Waals surface area contributed by atoms with Crippen molar-refractivity contribution in [3.8, 4) is 11.5 Å². The van der Waals surface area contributed by atoms with Crippen molar-refractivity contribution in [1.82, 2.24) is 4.98 Å². The number of pyridine rings is 1. The molecule has 3 rings (SSSR count). The Kier molecular flexibility index (Phi) is 4.20. The van der Waals surface area contributed by atoms with Gasteiger partial charge in [-0.1, -0.05) is 18.2 Å². The van der Waals surface area contributed by atoms with Crippen LogP contribution in [0.1, 0.15) is 10.5 Å². The third-order valence-electron chi connectivity index (χ3n) is 3.61. The Labute approximate surface area is 138 Å². The SMILES string of the molecule is COc1cc(NC(=O)c2cc3ccccc3c(=O)[nH]2)cc(OC)c1. The van der Waals surface area contributed by atoms with Gasteiger partial charge in [-0.05, 0) is 17.5 Å². The van der Waals surface area contributed by atoms with E-state index in [2.05, 4.69) is 10.3 Å². The van der Waals surface area contributed by atoms with Gasteiger partial charge in [-0.2, -0.15) is 0 Å². The average molecular weight is 324 g/mol. The van der Waals surface area contributed by atoms with Gasteiger partial charge in [0.1, 0.15) is 17.2 Å². The Balaban J connectivity index is 1.94. The van der Waals surface area contributed by atoms with E-state index in [1.165, 1.54) is 14.2 Å². The Morgan fingerprint density at radius 2 is 1.67 bits per heavy atom. The molecule has 0 atom stereocenters. The third-order valence-corrected chi connectivity index (χ3v) is 3.61. The van der Waals surface area contributed by atoms with Crippen molar-refractivity contribution in [1.29, 1.82) is 0 Å². The summed E-state index contributed by atoms with van der Waals surface area (Å²) in [6.07, 6.45) is 0. The summed E-state index contributed by atoms with van der Waals surface area (Å²) in [6, 6.07) is 13.8.